The van der Waals surface area contributed by atoms with E-state index in [1.165, 1.54) is 0 Å². The van der Waals surface area contributed by atoms with Crippen LogP contribution in [0.2, 0.25) is 0 Å². The molecule has 1 aliphatic rings. The molecule has 3 heterocycles. The first kappa shape index (κ1) is 21.2. The molecule has 1 fully saturated rings. The lowest BCUT2D eigenvalue weighted by Crippen LogP contribution is -2.42. The monoisotopic (exact) mass is 422 g/mol. The maximum atomic E-state index is 12.6. The number of carbonyl (C=O) groups is 1. The number of amides is 1. The summed E-state index contributed by atoms with van der Waals surface area (Å²) in [5.74, 6) is 0.991. The zero-order valence-electron chi connectivity index (χ0n) is 18.9. The molecule has 1 aliphatic heterocycles. The van der Waals surface area contributed by atoms with Gasteiger partial charge in [0.25, 0.3) is 0 Å². The van der Waals surface area contributed by atoms with Crippen molar-refractivity contribution >= 4 is 11.7 Å². The van der Waals surface area contributed by atoms with Gasteiger partial charge in [0.05, 0.1) is 18.5 Å². The van der Waals surface area contributed by atoms with Gasteiger partial charge in [-0.3, -0.25) is 0 Å². The molecular formula is C24H30N4O3. The van der Waals surface area contributed by atoms with Crippen molar-refractivity contribution in [2.75, 3.05) is 20.2 Å². The number of ether oxygens (including phenoxy) is 2. The molecule has 0 bridgehead atoms. The summed E-state index contributed by atoms with van der Waals surface area (Å²) >= 11 is 0. The van der Waals surface area contributed by atoms with Crippen LogP contribution in [0.4, 0.5) is 4.79 Å². The smallest absolute Gasteiger partial charge is 0.410 e. The fourth-order valence-electron chi connectivity index (χ4n) is 4.18. The number of hydrogen-bond donors (Lipinski definition) is 0. The molecular weight excluding hydrogens is 392 g/mol. The van der Waals surface area contributed by atoms with Crippen LogP contribution in [0.3, 0.4) is 0 Å². The van der Waals surface area contributed by atoms with Crippen LogP contribution in [0.15, 0.2) is 36.5 Å². The van der Waals surface area contributed by atoms with Crippen LogP contribution in [0.25, 0.3) is 16.8 Å². The van der Waals surface area contributed by atoms with Crippen molar-refractivity contribution in [2.45, 2.75) is 52.1 Å². The van der Waals surface area contributed by atoms with E-state index in [1.807, 2.05) is 73.6 Å². The third kappa shape index (κ3) is 4.36. The zero-order chi connectivity index (χ0) is 22.2. The molecule has 3 aromatic rings. The summed E-state index contributed by atoms with van der Waals surface area (Å²) in [6.45, 7) is 9.02. The van der Waals surface area contributed by atoms with Crippen molar-refractivity contribution in [3.05, 3.63) is 47.9 Å². The first-order valence-corrected chi connectivity index (χ1v) is 10.7. The summed E-state index contributed by atoms with van der Waals surface area (Å²) in [5, 5.41) is 4.82. The SMILES string of the molecule is COc1ccc(-c2c(C)nn3c([C@H]4CCCN(C(=O)OC(C)(C)C)C4)ccnc23)cc1. The molecule has 0 spiro atoms. The lowest BCUT2D eigenvalue weighted by molar-refractivity contribution is 0.0196. The Hall–Kier alpha value is -3.09. The first-order valence-electron chi connectivity index (χ1n) is 10.7. The summed E-state index contributed by atoms with van der Waals surface area (Å²) in [6.07, 6.45) is 3.51. The summed E-state index contributed by atoms with van der Waals surface area (Å²) in [7, 11) is 1.66. The Morgan fingerprint density at radius 3 is 2.58 bits per heavy atom. The van der Waals surface area contributed by atoms with E-state index in [4.69, 9.17) is 14.6 Å². The average molecular weight is 423 g/mol. The van der Waals surface area contributed by atoms with E-state index in [-0.39, 0.29) is 12.0 Å². The van der Waals surface area contributed by atoms with Crippen molar-refractivity contribution in [1.82, 2.24) is 19.5 Å². The fraction of sp³-hybridized carbons (Fsp3) is 0.458. The largest absolute Gasteiger partial charge is 0.497 e. The molecule has 0 aliphatic carbocycles. The van der Waals surface area contributed by atoms with E-state index >= 15 is 0 Å². The second-order valence-corrected chi connectivity index (χ2v) is 9.06. The van der Waals surface area contributed by atoms with Crippen LogP contribution in [0.5, 0.6) is 5.75 Å². The van der Waals surface area contributed by atoms with Gasteiger partial charge in [0.1, 0.15) is 11.4 Å². The summed E-state index contributed by atoms with van der Waals surface area (Å²) in [4.78, 5) is 19.1. The Bertz CT molecular complexity index is 1080. The molecule has 4 rings (SSSR count). The van der Waals surface area contributed by atoms with E-state index in [0.29, 0.717) is 6.54 Å². The lowest BCUT2D eigenvalue weighted by atomic mass is 9.94. The molecule has 2 aromatic heterocycles. The average Bonchev–Trinajstić information content (AvgIpc) is 3.08. The van der Waals surface area contributed by atoms with Crippen LogP contribution in [-0.2, 0) is 4.74 Å². The quantitative estimate of drug-likeness (QED) is 0.605. The van der Waals surface area contributed by atoms with Gasteiger partial charge in [-0.2, -0.15) is 5.10 Å². The number of nitrogens with zero attached hydrogens (tertiary/aromatic N) is 4. The number of benzene rings is 1. The van der Waals surface area contributed by atoms with E-state index in [2.05, 4.69) is 4.98 Å². The normalized spacial score (nSPS) is 17.1. The fourth-order valence-corrected chi connectivity index (χ4v) is 4.18. The first-order chi connectivity index (χ1) is 14.8. The van der Waals surface area contributed by atoms with Crippen LogP contribution in [0.1, 0.15) is 50.9 Å². The van der Waals surface area contributed by atoms with E-state index in [9.17, 15) is 4.79 Å². The molecule has 0 N–H and O–H groups in total. The maximum Gasteiger partial charge on any atom is 0.410 e. The second-order valence-electron chi connectivity index (χ2n) is 9.06. The van der Waals surface area contributed by atoms with Gasteiger partial charge in [0, 0.05) is 30.8 Å². The molecule has 1 saturated heterocycles. The van der Waals surface area contributed by atoms with Gasteiger partial charge < -0.3 is 14.4 Å². The van der Waals surface area contributed by atoms with Crippen LogP contribution in [0, 0.1) is 6.92 Å². The molecule has 7 heteroatoms. The Kier molecular flexibility index (Phi) is 5.60. The van der Waals surface area contributed by atoms with Crippen molar-refractivity contribution in [1.29, 1.82) is 0 Å². The highest BCUT2D eigenvalue weighted by Crippen LogP contribution is 2.33. The minimum Gasteiger partial charge on any atom is -0.497 e. The van der Waals surface area contributed by atoms with Gasteiger partial charge >= 0.3 is 6.09 Å². The van der Waals surface area contributed by atoms with Crippen molar-refractivity contribution in [3.63, 3.8) is 0 Å². The van der Waals surface area contributed by atoms with Gasteiger partial charge in [0.15, 0.2) is 5.65 Å². The summed E-state index contributed by atoms with van der Waals surface area (Å²) in [6, 6.07) is 9.97. The molecule has 0 saturated carbocycles. The van der Waals surface area contributed by atoms with Crippen LogP contribution < -0.4 is 4.74 Å². The molecule has 1 amide bonds. The Balaban J connectivity index is 1.66. The van der Waals surface area contributed by atoms with Crippen LogP contribution in [-0.4, -0.2) is 51.4 Å². The Labute approximate surface area is 183 Å². The summed E-state index contributed by atoms with van der Waals surface area (Å²) in [5.41, 5.74) is 4.39. The number of aryl methyl sites for hydroxylation is 1. The number of carbonyl (C=O) groups excluding carboxylic acids is 1. The van der Waals surface area contributed by atoms with Gasteiger partial charge in [0.2, 0.25) is 0 Å². The number of fused-ring (bicyclic) bond motifs is 1. The molecule has 1 atom stereocenters. The maximum absolute atomic E-state index is 12.6. The van der Waals surface area contributed by atoms with Crippen molar-refractivity contribution in [2.24, 2.45) is 0 Å². The zero-order valence-corrected chi connectivity index (χ0v) is 18.9. The second kappa shape index (κ2) is 8.21. The van der Waals surface area contributed by atoms with Crippen molar-refractivity contribution in [3.8, 4) is 16.9 Å². The Morgan fingerprint density at radius 1 is 1.16 bits per heavy atom. The molecule has 0 radical (unpaired) electrons. The number of methoxy groups -OCH3 is 1. The van der Waals surface area contributed by atoms with E-state index in [1.54, 1.807) is 7.11 Å². The minimum atomic E-state index is -0.500. The number of piperidine rings is 1. The summed E-state index contributed by atoms with van der Waals surface area (Å²) < 4.78 is 12.8. The molecule has 0 unspecified atom stereocenters. The van der Waals surface area contributed by atoms with E-state index in [0.717, 1.165) is 53.3 Å². The molecule has 164 valence electrons. The molecule has 7 nitrogen and oxygen atoms in total. The highest BCUT2D eigenvalue weighted by molar-refractivity contribution is 5.80. The predicted octanol–water partition coefficient (Wildman–Crippen LogP) is 4.83. The number of rotatable bonds is 3. The van der Waals surface area contributed by atoms with Crippen molar-refractivity contribution < 1.29 is 14.3 Å². The Morgan fingerprint density at radius 2 is 1.90 bits per heavy atom. The van der Waals surface area contributed by atoms with Gasteiger partial charge in [-0.05, 0) is 64.3 Å². The highest BCUT2D eigenvalue weighted by Gasteiger charge is 2.30. The molecule has 31 heavy (non-hydrogen) atoms. The number of hydrogen-bond acceptors (Lipinski definition) is 5. The third-order valence-electron chi connectivity index (χ3n) is 5.59. The van der Waals surface area contributed by atoms with Crippen LogP contribution >= 0.6 is 0 Å². The molecule has 1 aromatic carbocycles. The third-order valence-corrected chi connectivity index (χ3v) is 5.59. The van der Waals surface area contributed by atoms with Gasteiger partial charge in [-0.15, -0.1) is 0 Å². The van der Waals surface area contributed by atoms with E-state index < -0.39 is 5.60 Å². The highest BCUT2D eigenvalue weighted by atomic mass is 16.6. The van der Waals surface area contributed by atoms with Gasteiger partial charge in [-0.1, -0.05) is 12.1 Å². The standard InChI is InChI=1S/C24H30N4O3/c1-16-21(17-8-10-19(30-5)11-9-17)22-25-13-12-20(28(22)26-16)18-7-6-14-27(15-18)23(29)31-24(2,3)4/h8-13,18H,6-7,14-15H2,1-5H3/t18-/m0/s1. The van der Waals surface area contributed by atoms with Gasteiger partial charge in [-0.25, -0.2) is 14.3 Å². The predicted molar refractivity (Wildman–Crippen MR) is 119 cm³/mol. The minimum absolute atomic E-state index is 0.176. The lowest BCUT2D eigenvalue weighted by Gasteiger charge is -2.34. The topological polar surface area (TPSA) is 69.0 Å². The number of likely N-dealkylation sites (tertiary alicyclic amines) is 1. The number of aromatic nitrogens is 3.